The highest BCUT2D eigenvalue weighted by molar-refractivity contribution is 6.32. The van der Waals surface area contributed by atoms with Crippen LogP contribution >= 0.6 is 11.6 Å². The summed E-state index contributed by atoms with van der Waals surface area (Å²) in [6.07, 6.45) is 2.63. The first-order valence-electron chi connectivity index (χ1n) is 8.89. The van der Waals surface area contributed by atoms with Crippen molar-refractivity contribution < 1.29 is 18.7 Å². The first-order chi connectivity index (χ1) is 13.2. The van der Waals surface area contributed by atoms with Gasteiger partial charge in [0.25, 0.3) is 0 Å². The smallest absolute Gasteiger partial charge is 0.410 e. The SMILES string of the molecule is CC(C)(C)OC(=O)N1CCN(c2ncncc2Oc2ccc(F)cc2Cl)CC1. The van der Waals surface area contributed by atoms with E-state index in [1.807, 2.05) is 25.7 Å². The molecule has 0 unspecified atom stereocenters. The summed E-state index contributed by atoms with van der Waals surface area (Å²) in [6, 6.07) is 3.90. The molecule has 1 aromatic carbocycles. The number of amides is 1. The van der Waals surface area contributed by atoms with Crippen LogP contribution in [0.25, 0.3) is 0 Å². The van der Waals surface area contributed by atoms with Gasteiger partial charge in [-0.15, -0.1) is 0 Å². The van der Waals surface area contributed by atoms with Crippen LogP contribution in [0.2, 0.25) is 5.02 Å². The maximum atomic E-state index is 13.2. The zero-order chi connectivity index (χ0) is 20.3. The molecule has 2 heterocycles. The van der Waals surface area contributed by atoms with Gasteiger partial charge in [-0.2, -0.15) is 0 Å². The monoisotopic (exact) mass is 408 g/mol. The zero-order valence-electron chi connectivity index (χ0n) is 16.0. The predicted octanol–water partition coefficient (Wildman–Crippen LogP) is 4.12. The maximum absolute atomic E-state index is 13.2. The molecular formula is C19H22ClFN4O3. The highest BCUT2D eigenvalue weighted by atomic mass is 35.5. The van der Waals surface area contributed by atoms with Gasteiger partial charge in [0.05, 0.1) is 11.2 Å². The molecule has 1 fully saturated rings. The summed E-state index contributed by atoms with van der Waals surface area (Å²) in [6.45, 7) is 7.63. The average molecular weight is 409 g/mol. The Morgan fingerprint density at radius 2 is 1.89 bits per heavy atom. The molecule has 150 valence electrons. The molecule has 1 aromatic heterocycles. The van der Waals surface area contributed by atoms with Crippen LogP contribution in [0, 0.1) is 5.82 Å². The fourth-order valence-corrected chi connectivity index (χ4v) is 2.93. The number of carbonyl (C=O) groups is 1. The third-order valence-corrected chi connectivity index (χ3v) is 4.30. The van der Waals surface area contributed by atoms with E-state index < -0.39 is 11.4 Å². The van der Waals surface area contributed by atoms with E-state index in [0.717, 1.165) is 0 Å². The highest BCUT2D eigenvalue weighted by Gasteiger charge is 2.27. The van der Waals surface area contributed by atoms with E-state index >= 15 is 0 Å². The molecular weight excluding hydrogens is 387 g/mol. The van der Waals surface area contributed by atoms with Crippen molar-refractivity contribution in [1.82, 2.24) is 14.9 Å². The lowest BCUT2D eigenvalue weighted by atomic mass is 10.2. The molecule has 2 aromatic rings. The number of hydrogen-bond acceptors (Lipinski definition) is 6. The molecule has 0 N–H and O–H groups in total. The topological polar surface area (TPSA) is 67.8 Å². The molecule has 3 rings (SSSR count). The number of rotatable bonds is 3. The third kappa shape index (κ3) is 5.01. The molecule has 1 saturated heterocycles. The minimum absolute atomic E-state index is 0.157. The number of aromatic nitrogens is 2. The summed E-state index contributed by atoms with van der Waals surface area (Å²) in [5, 5.41) is 0.157. The number of hydrogen-bond donors (Lipinski definition) is 0. The van der Waals surface area contributed by atoms with E-state index in [4.69, 9.17) is 21.1 Å². The largest absolute Gasteiger partial charge is 0.450 e. The Morgan fingerprint density at radius 3 is 2.54 bits per heavy atom. The summed E-state index contributed by atoms with van der Waals surface area (Å²) < 4.78 is 24.5. The van der Waals surface area contributed by atoms with Crippen LogP contribution in [0.15, 0.2) is 30.7 Å². The zero-order valence-corrected chi connectivity index (χ0v) is 16.7. The summed E-state index contributed by atoms with van der Waals surface area (Å²) in [5.41, 5.74) is -0.531. The Kier molecular flexibility index (Phi) is 5.88. The van der Waals surface area contributed by atoms with Crippen molar-refractivity contribution in [1.29, 1.82) is 0 Å². The number of ether oxygens (including phenoxy) is 2. The quantitative estimate of drug-likeness (QED) is 0.761. The molecule has 0 aliphatic carbocycles. The van der Waals surface area contributed by atoms with Gasteiger partial charge in [-0.1, -0.05) is 11.6 Å². The van der Waals surface area contributed by atoms with E-state index in [1.165, 1.54) is 30.7 Å². The van der Waals surface area contributed by atoms with Crippen molar-refractivity contribution in [2.45, 2.75) is 26.4 Å². The van der Waals surface area contributed by atoms with Crippen LogP contribution in [0.1, 0.15) is 20.8 Å². The number of nitrogens with zero attached hydrogens (tertiary/aromatic N) is 4. The van der Waals surface area contributed by atoms with Crippen LogP contribution in [-0.4, -0.2) is 52.7 Å². The normalized spacial score (nSPS) is 14.8. The van der Waals surface area contributed by atoms with Gasteiger partial charge in [-0.3, -0.25) is 0 Å². The molecule has 9 heteroatoms. The minimum Gasteiger partial charge on any atom is -0.450 e. The van der Waals surface area contributed by atoms with Gasteiger partial charge in [0.15, 0.2) is 11.6 Å². The molecule has 28 heavy (non-hydrogen) atoms. The Bertz CT molecular complexity index is 851. The van der Waals surface area contributed by atoms with Crippen LogP contribution in [0.5, 0.6) is 11.5 Å². The fraction of sp³-hybridized carbons (Fsp3) is 0.421. The molecule has 1 amide bonds. The van der Waals surface area contributed by atoms with E-state index in [0.29, 0.717) is 43.5 Å². The van der Waals surface area contributed by atoms with Gasteiger partial charge in [0, 0.05) is 26.2 Å². The van der Waals surface area contributed by atoms with E-state index in [9.17, 15) is 9.18 Å². The van der Waals surface area contributed by atoms with Crippen molar-refractivity contribution >= 4 is 23.5 Å². The van der Waals surface area contributed by atoms with E-state index in [1.54, 1.807) is 4.90 Å². The van der Waals surface area contributed by atoms with Gasteiger partial charge in [-0.05, 0) is 39.0 Å². The highest BCUT2D eigenvalue weighted by Crippen LogP contribution is 2.34. The molecule has 0 radical (unpaired) electrons. The molecule has 1 aliphatic rings. The average Bonchev–Trinajstić information content (AvgIpc) is 2.63. The molecule has 1 aliphatic heterocycles. The van der Waals surface area contributed by atoms with Crippen molar-refractivity contribution in [3.05, 3.63) is 41.6 Å². The Hall–Kier alpha value is -2.61. The summed E-state index contributed by atoms with van der Waals surface area (Å²) >= 11 is 6.05. The molecule has 0 spiro atoms. The lowest BCUT2D eigenvalue weighted by Gasteiger charge is -2.36. The van der Waals surface area contributed by atoms with Crippen molar-refractivity contribution in [2.24, 2.45) is 0 Å². The number of anilines is 1. The standard InChI is InChI=1S/C19H22ClFN4O3/c1-19(2,3)28-18(26)25-8-6-24(7-9-25)17-16(11-22-12-23-17)27-15-5-4-13(21)10-14(15)20/h4-5,10-12H,6-9H2,1-3H3. The number of carbonyl (C=O) groups excluding carboxylic acids is 1. The molecule has 0 bridgehead atoms. The summed E-state index contributed by atoms with van der Waals surface area (Å²) in [4.78, 5) is 24.2. The van der Waals surface area contributed by atoms with Gasteiger partial charge in [0.2, 0.25) is 0 Å². The fourth-order valence-electron chi connectivity index (χ4n) is 2.72. The van der Waals surface area contributed by atoms with Crippen molar-refractivity contribution in [2.75, 3.05) is 31.1 Å². The van der Waals surface area contributed by atoms with Crippen LogP contribution in [0.4, 0.5) is 15.0 Å². The van der Waals surface area contributed by atoms with Crippen molar-refractivity contribution in [3.8, 4) is 11.5 Å². The van der Waals surface area contributed by atoms with E-state index in [2.05, 4.69) is 9.97 Å². The van der Waals surface area contributed by atoms with Gasteiger partial charge >= 0.3 is 6.09 Å². The summed E-state index contributed by atoms with van der Waals surface area (Å²) in [7, 11) is 0. The second-order valence-corrected chi connectivity index (χ2v) is 7.75. The number of piperazine rings is 1. The predicted molar refractivity (Wildman–Crippen MR) is 104 cm³/mol. The Labute approximate surface area is 168 Å². The summed E-state index contributed by atoms with van der Waals surface area (Å²) in [5.74, 6) is 0.854. The van der Waals surface area contributed by atoms with Gasteiger partial charge < -0.3 is 19.3 Å². The van der Waals surface area contributed by atoms with Crippen molar-refractivity contribution in [3.63, 3.8) is 0 Å². The Morgan fingerprint density at radius 1 is 1.18 bits per heavy atom. The minimum atomic E-state index is -0.531. The maximum Gasteiger partial charge on any atom is 0.410 e. The third-order valence-electron chi connectivity index (χ3n) is 4.00. The van der Waals surface area contributed by atoms with Gasteiger partial charge in [0.1, 0.15) is 23.5 Å². The second kappa shape index (κ2) is 8.18. The molecule has 0 atom stereocenters. The van der Waals surface area contributed by atoms with E-state index in [-0.39, 0.29) is 11.1 Å². The second-order valence-electron chi connectivity index (χ2n) is 7.34. The Balaban J connectivity index is 1.69. The number of halogens is 2. The molecule has 7 nitrogen and oxygen atoms in total. The molecule has 0 saturated carbocycles. The van der Waals surface area contributed by atoms with Crippen LogP contribution in [0.3, 0.4) is 0 Å². The van der Waals surface area contributed by atoms with Gasteiger partial charge in [-0.25, -0.2) is 19.2 Å². The van der Waals surface area contributed by atoms with Crippen LogP contribution < -0.4 is 9.64 Å². The lowest BCUT2D eigenvalue weighted by Crippen LogP contribution is -2.50. The lowest BCUT2D eigenvalue weighted by molar-refractivity contribution is 0.0240. The first-order valence-corrected chi connectivity index (χ1v) is 9.26. The first kappa shape index (κ1) is 20.1. The number of benzene rings is 1. The van der Waals surface area contributed by atoms with Crippen LogP contribution in [-0.2, 0) is 4.74 Å².